The number of hydrogen-bond acceptors (Lipinski definition) is 8. The molecule has 27 heavy (non-hydrogen) atoms. The Morgan fingerprint density at radius 3 is 2.93 bits per heavy atom. The van der Waals surface area contributed by atoms with Crippen molar-refractivity contribution in [3.8, 4) is 0 Å². The van der Waals surface area contributed by atoms with Crippen LogP contribution in [-0.2, 0) is 4.79 Å². The predicted octanol–water partition coefficient (Wildman–Crippen LogP) is 3.49. The Labute approximate surface area is 165 Å². The molecule has 1 saturated heterocycles. The Morgan fingerprint density at radius 1 is 1.30 bits per heavy atom. The van der Waals surface area contributed by atoms with Crippen molar-refractivity contribution < 1.29 is 4.79 Å². The number of rotatable bonds is 5. The van der Waals surface area contributed by atoms with Crippen LogP contribution in [0.5, 0.6) is 0 Å². The maximum atomic E-state index is 12.5. The van der Waals surface area contributed by atoms with Crippen LogP contribution >= 0.6 is 23.3 Å². The topological polar surface area (TPSA) is 83.0 Å². The van der Waals surface area contributed by atoms with Gasteiger partial charge in [-0.05, 0) is 51.2 Å². The Morgan fingerprint density at radius 2 is 2.15 bits per heavy atom. The van der Waals surface area contributed by atoms with Crippen molar-refractivity contribution in [3.63, 3.8) is 0 Å². The van der Waals surface area contributed by atoms with Crippen LogP contribution < -0.4 is 10.0 Å². The minimum atomic E-state index is 0.0776. The number of carbonyl (C=O) groups excluding carboxylic acids is 1. The van der Waals surface area contributed by atoms with Gasteiger partial charge in [-0.25, -0.2) is 9.97 Å². The zero-order valence-electron chi connectivity index (χ0n) is 14.9. The van der Waals surface area contributed by atoms with E-state index >= 15 is 0 Å². The van der Waals surface area contributed by atoms with Crippen molar-refractivity contribution in [1.29, 1.82) is 0 Å². The molecule has 2 aromatic heterocycles. The van der Waals surface area contributed by atoms with Crippen LogP contribution in [0, 0.1) is 5.92 Å². The predicted molar refractivity (Wildman–Crippen MR) is 110 cm³/mol. The Hall–Kier alpha value is -2.23. The summed E-state index contributed by atoms with van der Waals surface area (Å²) in [7, 11) is 2.09. The van der Waals surface area contributed by atoms with Crippen molar-refractivity contribution in [2.45, 2.75) is 17.9 Å². The summed E-state index contributed by atoms with van der Waals surface area (Å²) in [5.74, 6) is 0.160. The molecule has 0 radical (unpaired) electrons. The van der Waals surface area contributed by atoms with Crippen LogP contribution in [0.3, 0.4) is 0 Å². The van der Waals surface area contributed by atoms with Gasteiger partial charge >= 0.3 is 0 Å². The minimum absolute atomic E-state index is 0.0776. The molecule has 2 N–H and O–H groups in total. The molecular weight excluding hydrogens is 380 g/mol. The van der Waals surface area contributed by atoms with Gasteiger partial charge in [0.05, 0.1) is 16.4 Å². The Balaban J connectivity index is 1.40. The van der Waals surface area contributed by atoms with Crippen molar-refractivity contribution in [3.05, 3.63) is 36.8 Å². The molecule has 140 valence electrons. The van der Waals surface area contributed by atoms with Gasteiger partial charge < -0.3 is 14.9 Å². The smallest absolute Gasteiger partial charge is 0.229 e. The summed E-state index contributed by atoms with van der Waals surface area (Å²) in [5.41, 5.74) is 1.84. The average Bonchev–Trinajstić information content (AvgIpc) is 3.09. The minimum Gasteiger partial charge on any atom is -0.324 e. The van der Waals surface area contributed by atoms with Crippen molar-refractivity contribution >= 4 is 50.2 Å². The molecule has 9 heteroatoms. The third-order valence-electron chi connectivity index (χ3n) is 4.52. The van der Waals surface area contributed by atoms with Crippen molar-refractivity contribution in [2.75, 3.05) is 30.2 Å². The second kappa shape index (κ2) is 8.20. The van der Waals surface area contributed by atoms with Gasteiger partial charge in [0, 0.05) is 35.9 Å². The quantitative estimate of drug-likeness (QED) is 0.634. The molecule has 0 aliphatic carbocycles. The van der Waals surface area contributed by atoms with E-state index in [0.717, 1.165) is 46.9 Å². The van der Waals surface area contributed by atoms with Gasteiger partial charge in [0.25, 0.3) is 0 Å². The number of hydrogen-bond donors (Lipinski definition) is 2. The average molecular weight is 401 g/mol. The molecule has 1 fully saturated rings. The number of thiazole rings is 1. The summed E-state index contributed by atoms with van der Waals surface area (Å²) in [4.78, 5) is 27.6. The highest BCUT2D eigenvalue weighted by atomic mass is 32.2. The molecule has 1 amide bonds. The fraction of sp³-hybridized carbons (Fsp3) is 0.333. The van der Waals surface area contributed by atoms with Crippen LogP contribution in [0.15, 0.2) is 41.8 Å². The first-order valence-corrected chi connectivity index (χ1v) is 10.4. The lowest BCUT2D eigenvalue weighted by molar-refractivity contribution is -0.121. The Kier molecular flexibility index (Phi) is 5.51. The van der Waals surface area contributed by atoms with Crippen molar-refractivity contribution in [1.82, 2.24) is 19.9 Å². The molecule has 0 atom stereocenters. The monoisotopic (exact) mass is 400 g/mol. The second-order valence-electron chi connectivity index (χ2n) is 6.52. The van der Waals surface area contributed by atoms with E-state index in [1.165, 1.54) is 23.3 Å². The molecule has 4 rings (SSSR count). The summed E-state index contributed by atoms with van der Waals surface area (Å²) in [6.07, 6.45) is 6.83. The number of fused-ring (bicyclic) bond motifs is 1. The molecule has 7 nitrogen and oxygen atoms in total. The van der Waals surface area contributed by atoms with Gasteiger partial charge in [0.2, 0.25) is 5.91 Å². The van der Waals surface area contributed by atoms with E-state index in [9.17, 15) is 4.79 Å². The summed E-state index contributed by atoms with van der Waals surface area (Å²) >= 11 is 2.90. The van der Waals surface area contributed by atoms with E-state index in [0.29, 0.717) is 5.13 Å². The highest BCUT2D eigenvalue weighted by Gasteiger charge is 2.24. The molecule has 0 unspecified atom stereocenters. The van der Waals surface area contributed by atoms with E-state index < -0.39 is 0 Å². The Bertz CT molecular complexity index is 924. The molecule has 3 heterocycles. The largest absolute Gasteiger partial charge is 0.324 e. The summed E-state index contributed by atoms with van der Waals surface area (Å²) in [6, 6.07) is 5.95. The summed E-state index contributed by atoms with van der Waals surface area (Å²) in [6.45, 7) is 1.94. The zero-order valence-corrected chi connectivity index (χ0v) is 16.5. The third kappa shape index (κ3) is 4.55. The summed E-state index contributed by atoms with van der Waals surface area (Å²) < 4.78 is 4.29. The zero-order chi connectivity index (χ0) is 18.6. The first-order valence-electron chi connectivity index (χ1n) is 8.76. The number of benzene rings is 1. The number of aromatic nitrogens is 3. The molecular formula is C18H20N6OS2. The first kappa shape index (κ1) is 18.1. The fourth-order valence-corrected chi connectivity index (χ4v) is 4.45. The van der Waals surface area contributed by atoms with Crippen LogP contribution in [0.4, 0.5) is 10.8 Å². The normalized spacial score (nSPS) is 15.7. The second-order valence-corrected chi connectivity index (χ2v) is 8.37. The van der Waals surface area contributed by atoms with Gasteiger partial charge in [-0.3, -0.25) is 9.78 Å². The fourth-order valence-electron chi connectivity index (χ4n) is 2.97. The lowest BCUT2D eigenvalue weighted by Crippen LogP contribution is -2.35. The van der Waals surface area contributed by atoms with Crippen LogP contribution in [0.1, 0.15) is 12.8 Å². The van der Waals surface area contributed by atoms with Crippen LogP contribution in [0.25, 0.3) is 10.2 Å². The molecule has 1 aliphatic heterocycles. The van der Waals surface area contributed by atoms with Gasteiger partial charge in [0.1, 0.15) is 5.03 Å². The van der Waals surface area contributed by atoms with Crippen LogP contribution in [-0.4, -0.2) is 45.9 Å². The molecule has 0 saturated carbocycles. The van der Waals surface area contributed by atoms with E-state index in [1.807, 2.05) is 18.2 Å². The third-order valence-corrected chi connectivity index (χ3v) is 6.21. The first-order chi connectivity index (χ1) is 13.2. The van der Waals surface area contributed by atoms with E-state index in [2.05, 4.69) is 36.9 Å². The van der Waals surface area contributed by atoms with E-state index in [4.69, 9.17) is 0 Å². The maximum absolute atomic E-state index is 12.5. The lowest BCUT2D eigenvalue weighted by Gasteiger charge is -2.27. The molecule has 1 aromatic carbocycles. The number of likely N-dealkylation sites (tertiary alicyclic amines) is 1. The highest BCUT2D eigenvalue weighted by molar-refractivity contribution is 8.00. The number of anilines is 2. The SMILES string of the molecule is CN1CCC(C(=O)Nc2nc3ccc(NSc4cnccn4)cc3s2)CC1. The number of nitrogens with zero attached hydrogens (tertiary/aromatic N) is 4. The molecule has 0 spiro atoms. The number of amides is 1. The number of carbonyl (C=O) groups is 1. The van der Waals surface area contributed by atoms with Gasteiger partial charge in [-0.15, -0.1) is 0 Å². The van der Waals surface area contributed by atoms with Gasteiger partial charge in [-0.2, -0.15) is 0 Å². The van der Waals surface area contributed by atoms with Crippen LogP contribution in [0.2, 0.25) is 0 Å². The summed E-state index contributed by atoms with van der Waals surface area (Å²) in [5, 5.41) is 4.46. The van der Waals surface area contributed by atoms with Gasteiger partial charge in [-0.1, -0.05) is 11.3 Å². The standard InChI is InChI=1S/C18H20N6OS2/c1-24-8-4-12(5-9-24)17(25)22-18-21-14-3-2-13(10-15(14)26-18)23-27-16-11-19-6-7-20-16/h2-3,6-7,10-12,23H,4-5,8-9H2,1H3,(H,21,22,25). The van der Waals surface area contributed by atoms with Crippen molar-refractivity contribution in [2.24, 2.45) is 5.92 Å². The molecule has 0 bridgehead atoms. The lowest BCUT2D eigenvalue weighted by atomic mass is 9.96. The molecule has 3 aromatic rings. The highest BCUT2D eigenvalue weighted by Crippen LogP contribution is 2.30. The molecule has 1 aliphatic rings. The maximum Gasteiger partial charge on any atom is 0.229 e. The van der Waals surface area contributed by atoms with E-state index in [-0.39, 0.29) is 11.8 Å². The number of piperidine rings is 1. The van der Waals surface area contributed by atoms with E-state index in [1.54, 1.807) is 18.6 Å². The number of nitrogens with one attached hydrogen (secondary N) is 2. The van der Waals surface area contributed by atoms with Gasteiger partial charge in [0.15, 0.2) is 5.13 Å².